The van der Waals surface area contributed by atoms with Crippen molar-refractivity contribution in [3.8, 4) is 0 Å². The van der Waals surface area contributed by atoms with Crippen LogP contribution in [0, 0.1) is 20.8 Å². The van der Waals surface area contributed by atoms with Crippen molar-refractivity contribution in [1.29, 1.82) is 0 Å². The number of rotatable bonds is 6. The summed E-state index contributed by atoms with van der Waals surface area (Å²) in [7, 11) is 0. The molecule has 0 bridgehead atoms. The molecule has 1 amide bonds. The Hall–Kier alpha value is -2.93. The van der Waals surface area contributed by atoms with Gasteiger partial charge in [-0.25, -0.2) is 0 Å². The Kier molecular flexibility index (Phi) is 5.99. The Bertz CT molecular complexity index is 1010. The van der Waals surface area contributed by atoms with Crippen LogP contribution in [0.1, 0.15) is 40.5 Å². The number of ether oxygens (including phenoxy) is 1. The number of nitrogens with zero attached hydrogens (tertiary/aromatic N) is 5. The number of hydrogen-bond acceptors (Lipinski definition) is 4. The van der Waals surface area contributed by atoms with Gasteiger partial charge in [0.05, 0.1) is 37.7 Å². The highest BCUT2D eigenvalue weighted by atomic mass is 16.5. The van der Waals surface area contributed by atoms with E-state index in [4.69, 9.17) is 9.84 Å². The molecule has 1 unspecified atom stereocenters. The van der Waals surface area contributed by atoms with Crippen LogP contribution >= 0.6 is 0 Å². The van der Waals surface area contributed by atoms with E-state index in [2.05, 4.69) is 24.2 Å². The Morgan fingerprint density at radius 1 is 1.20 bits per heavy atom. The van der Waals surface area contributed by atoms with Crippen molar-refractivity contribution in [2.45, 2.75) is 46.3 Å². The highest BCUT2D eigenvalue weighted by Crippen LogP contribution is 2.30. The van der Waals surface area contributed by atoms with E-state index < -0.39 is 0 Å². The van der Waals surface area contributed by atoms with Gasteiger partial charge in [0.1, 0.15) is 0 Å². The maximum atomic E-state index is 13.1. The third kappa shape index (κ3) is 4.31. The van der Waals surface area contributed by atoms with Crippen LogP contribution in [-0.4, -0.2) is 50.1 Å². The third-order valence-corrected chi connectivity index (χ3v) is 5.71. The first-order valence-electron chi connectivity index (χ1n) is 10.5. The molecule has 2 aromatic heterocycles. The Balaban J connectivity index is 1.52. The first-order chi connectivity index (χ1) is 14.5. The summed E-state index contributed by atoms with van der Waals surface area (Å²) in [6.07, 6.45) is 4.20. The lowest BCUT2D eigenvalue weighted by molar-refractivity contribution is -0.140. The molecule has 7 heteroatoms. The summed E-state index contributed by atoms with van der Waals surface area (Å²) < 4.78 is 9.63. The van der Waals surface area contributed by atoms with Crippen LogP contribution in [0.4, 0.5) is 0 Å². The fraction of sp³-hybridized carbons (Fsp3) is 0.435. The molecular weight excluding hydrogens is 378 g/mol. The molecule has 158 valence electrons. The van der Waals surface area contributed by atoms with Crippen molar-refractivity contribution >= 4 is 5.91 Å². The molecule has 1 aliphatic rings. The zero-order valence-electron chi connectivity index (χ0n) is 17.9. The van der Waals surface area contributed by atoms with Crippen LogP contribution < -0.4 is 0 Å². The van der Waals surface area contributed by atoms with E-state index in [9.17, 15) is 4.79 Å². The normalized spacial score (nSPS) is 16.8. The van der Waals surface area contributed by atoms with Gasteiger partial charge in [-0.15, -0.1) is 0 Å². The highest BCUT2D eigenvalue weighted by Gasteiger charge is 2.32. The lowest BCUT2D eigenvalue weighted by atomic mass is 10.0. The largest absolute Gasteiger partial charge is 0.377 e. The smallest absolute Gasteiger partial charge is 0.225 e. The molecular formula is C23H29N5O2. The van der Waals surface area contributed by atoms with Crippen molar-refractivity contribution in [3.63, 3.8) is 0 Å². The Morgan fingerprint density at radius 2 is 2.00 bits per heavy atom. The average molecular weight is 408 g/mol. The zero-order chi connectivity index (χ0) is 21.1. The number of carbonyl (C=O) groups excluding carboxylic acids is 1. The minimum atomic E-state index is -0.102. The van der Waals surface area contributed by atoms with Gasteiger partial charge in [-0.1, -0.05) is 30.3 Å². The summed E-state index contributed by atoms with van der Waals surface area (Å²) >= 11 is 0. The van der Waals surface area contributed by atoms with Gasteiger partial charge in [0, 0.05) is 37.0 Å². The number of hydrogen-bond donors (Lipinski definition) is 0. The van der Waals surface area contributed by atoms with Gasteiger partial charge < -0.3 is 9.64 Å². The van der Waals surface area contributed by atoms with Crippen LogP contribution in [0.5, 0.6) is 0 Å². The molecule has 1 atom stereocenters. The molecule has 4 rings (SSSR count). The van der Waals surface area contributed by atoms with Gasteiger partial charge >= 0.3 is 0 Å². The minimum Gasteiger partial charge on any atom is -0.377 e. The maximum Gasteiger partial charge on any atom is 0.225 e. The van der Waals surface area contributed by atoms with E-state index in [1.54, 1.807) is 0 Å². The quantitative estimate of drug-likeness (QED) is 0.630. The minimum absolute atomic E-state index is 0.102. The van der Waals surface area contributed by atoms with Gasteiger partial charge in [-0.3, -0.25) is 14.2 Å². The van der Waals surface area contributed by atoms with Gasteiger partial charge in [0.2, 0.25) is 5.91 Å². The topological polar surface area (TPSA) is 65.2 Å². The van der Waals surface area contributed by atoms with Crippen LogP contribution in [0.2, 0.25) is 0 Å². The molecule has 0 radical (unpaired) electrons. The molecule has 3 aromatic rings. The van der Waals surface area contributed by atoms with Gasteiger partial charge in [0.25, 0.3) is 0 Å². The lowest BCUT2D eigenvalue weighted by Crippen LogP contribution is -2.44. The van der Waals surface area contributed by atoms with E-state index in [1.165, 1.54) is 5.56 Å². The third-order valence-electron chi connectivity index (χ3n) is 5.71. The van der Waals surface area contributed by atoms with Crippen molar-refractivity contribution in [2.24, 2.45) is 0 Å². The molecule has 0 N–H and O–H groups in total. The van der Waals surface area contributed by atoms with Crippen molar-refractivity contribution in [2.75, 3.05) is 19.8 Å². The number of aromatic nitrogens is 4. The fourth-order valence-electron chi connectivity index (χ4n) is 4.19. The van der Waals surface area contributed by atoms with Crippen molar-refractivity contribution < 1.29 is 9.53 Å². The van der Waals surface area contributed by atoms with E-state index in [0.29, 0.717) is 39.3 Å². The zero-order valence-corrected chi connectivity index (χ0v) is 17.9. The average Bonchev–Trinajstić information content (AvgIpc) is 3.29. The predicted octanol–water partition coefficient (Wildman–Crippen LogP) is 3.04. The summed E-state index contributed by atoms with van der Waals surface area (Å²) in [5.74, 6) is 0.131. The van der Waals surface area contributed by atoms with E-state index in [-0.39, 0.29) is 11.9 Å². The van der Waals surface area contributed by atoms with E-state index >= 15 is 0 Å². The second-order valence-electron chi connectivity index (χ2n) is 7.94. The summed E-state index contributed by atoms with van der Waals surface area (Å²) in [4.78, 5) is 15.0. The molecule has 0 aliphatic carbocycles. The van der Waals surface area contributed by atoms with E-state index in [1.807, 2.05) is 58.7 Å². The van der Waals surface area contributed by atoms with Crippen LogP contribution in [0.3, 0.4) is 0 Å². The number of morpholine rings is 1. The molecule has 30 heavy (non-hydrogen) atoms. The Labute approximate surface area is 177 Å². The Morgan fingerprint density at radius 3 is 2.73 bits per heavy atom. The molecule has 7 nitrogen and oxygen atoms in total. The standard InChI is InChI=1S/C23H29N5O2/c1-17-13-24-26(14-17)10-9-22(29)27-11-12-30-16-21(27)23-18(2)25-28(19(23)3)15-20-7-5-4-6-8-20/h4-8,13-14,21H,9-12,15-16H2,1-3H3. The first-order valence-corrected chi connectivity index (χ1v) is 10.5. The monoisotopic (exact) mass is 407 g/mol. The van der Waals surface area contributed by atoms with Crippen LogP contribution in [0.25, 0.3) is 0 Å². The number of carbonyl (C=O) groups is 1. The highest BCUT2D eigenvalue weighted by molar-refractivity contribution is 5.77. The van der Waals surface area contributed by atoms with Crippen molar-refractivity contribution in [3.05, 3.63) is 70.8 Å². The molecule has 0 spiro atoms. The van der Waals surface area contributed by atoms with Crippen LogP contribution in [0.15, 0.2) is 42.7 Å². The van der Waals surface area contributed by atoms with Gasteiger partial charge in [-0.05, 0) is 31.9 Å². The molecule has 1 fully saturated rings. The summed E-state index contributed by atoms with van der Waals surface area (Å²) in [6.45, 7) is 9.09. The number of amides is 1. The molecule has 1 aromatic carbocycles. The molecule has 0 saturated carbocycles. The van der Waals surface area contributed by atoms with Gasteiger partial charge in [-0.2, -0.15) is 10.2 Å². The second kappa shape index (κ2) is 8.83. The van der Waals surface area contributed by atoms with Crippen LogP contribution in [-0.2, 0) is 22.6 Å². The van der Waals surface area contributed by atoms with Gasteiger partial charge in [0.15, 0.2) is 0 Å². The van der Waals surface area contributed by atoms with Crippen molar-refractivity contribution in [1.82, 2.24) is 24.5 Å². The summed E-state index contributed by atoms with van der Waals surface area (Å²) in [5, 5.41) is 9.07. The predicted molar refractivity (Wildman–Crippen MR) is 114 cm³/mol. The number of aryl methyl sites for hydroxylation is 3. The fourth-order valence-corrected chi connectivity index (χ4v) is 4.19. The lowest BCUT2D eigenvalue weighted by Gasteiger charge is -2.36. The molecule has 1 saturated heterocycles. The molecule has 1 aliphatic heterocycles. The SMILES string of the molecule is Cc1cnn(CCC(=O)N2CCOCC2c2c(C)nn(Cc3ccccc3)c2C)c1. The molecule has 3 heterocycles. The number of benzene rings is 1. The first kappa shape index (κ1) is 20.3. The maximum absolute atomic E-state index is 13.1. The summed E-state index contributed by atoms with van der Waals surface area (Å²) in [6, 6.07) is 10.2. The summed E-state index contributed by atoms with van der Waals surface area (Å²) in [5.41, 5.74) is 5.46. The second-order valence-corrected chi connectivity index (χ2v) is 7.94. The van der Waals surface area contributed by atoms with E-state index in [0.717, 1.165) is 22.5 Å².